The molecule has 2 aliphatic carbocycles. The van der Waals surface area contributed by atoms with Gasteiger partial charge in [-0.05, 0) is 104 Å². The number of halogens is 1. The number of carbonyl (C=O) groups is 1. The van der Waals surface area contributed by atoms with Gasteiger partial charge in [-0.2, -0.15) is 0 Å². The Morgan fingerprint density at radius 2 is 2.00 bits per heavy atom. The topological polar surface area (TPSA) is 114 Å². The number of benzene rings is 2. The smallest absolute Gasteiger partial charge is 0.264 e. The number of nitrogens with one attached hydrogen (secondary N) is 1. The monoisotopic (exact) mass is 686 g/mol. The number of amides is 1. The van der Waals surface area contributed by atoms with Gasteiger partial charge in [0, 0.05) is 42.8 Å². The fraction of sp³-hybridized carbons (Fsp3) is 0.583. The summed E-state index contributed by atoms with van der Waals surface area (Å²) in [5.41, 5.74) is 3.24. The Hall–Kier alpha value is -2.63. The zero-order chi connectivity index (χ0) is 33.2. The maximum absolute atomic E-state index is 13.8. The van der Waals surface area contributed by atoms with Crippen LogP contribution in [0.2, 0.25) is 5.02 Å². The maximum atomic E-state index is 13.8. The predicted octanol–water partition coefficient (Wildman–Crippen LogP) is 5.28. The number of fused-ring (bicyclic) bond motifs is 4. The van der Waals surface area contributed by atoms with E-state index in [0.29, 0.717) is 45.1 Å². The van der Waals surface area contributed by atoms with Gasteiger partial charge < -0.3 is 24.2 Å². The van der Waals surface area contributed by atoms with Crippen LogP contribution >= 0.6 is 11.6 Å². The van der Waals surface area contributed by atoms with Gasteiger partial charge >= 0.3 is 0 Å². The Bertz CT molecular complexity index is 1580. The number of hydrogen-bond donors (Lipinski definition) is 2. The molecule has 2 bridgehead atoms. The molecular formula is C36H47ClN2O7S. The minimum atomic E-state index is -4.08. The summed E-state index contributed by atoms with van der Waals surface area (Å²) in [5.74, 6) is 0.0306. The van der Waals surface area contributed by atoms with E-state index in [-0.39, 0.29) is 41.8 Å². The summed E-state index contributed by atoms with van der Waals surface area (Å²) in [4.78, 5) is 16.0. The van der Waals surface area contributed by atoms with Crippen molar-refractivity contribution in [2.75, 3.05) is 51.5 Å². The van der Waals surface area contributed by atoms with E-state index in [2.05, 4.69) is 21.8 Å². The second-order valence-electron chi connectivity index (χ2n) is 13.8. The van der Waals surface area contributed by atoms with E-state index in [4.69, 9.17) is 25.8 Å². The molecule has 2 aromatic rings. The number of aliphatic hydroxyl groups is 1. The van der Waals surface area contributed by atoms with Crippen LogP contribution in [0.3, 0.4) is 0 Å². The van der Waals surface area contributed by atoms with Crippen LogP contribution in [0.5, 0.6) is 5.75 Å². The first-order chi connectivity index (χ1) is 22.6. The quantitative estimate of drug-likeness (QED) is 0.312. The van der Waals surface area contributed by atoms with Gasteiger partial charge in [0.25, 0.3) is 5.91 Å². The van der Waals surface area contributed by atoms with E-state index in [1.54, 1.807) is 25.3 Å². The minimum Gasteiger partial charge on any atom is -0.490 e. The first kappa shape index (κ1) is 34.2. The van der Waals surface area contributed by atoms with Gasteiger partial charge in [0.2, 0.25) is 10.0 Å². The number of aliphatic hydroxyl groups excluding tert-OH is 1. The molecule has 0 aromatic heterocycles. The summed E-state index contributed by atoms with van der Waals surface area (Å²) in [7, 11) is -2.50. The largest absolute Gasteiger partial charge is 0.490 e. The average molecular weight is 687 g/mol. The predicted molar refractivity (Wildman–Crippen MR) is 183 cm³/mol. The van der Waals surface area contributed by atoms with Gasteiger partial charge in [-0.3, -0.25) is 4.79 Å². The van der Waals surface area contributed by atoms with Crippen LogP contribution in [0.25, 0.3) is 0 Å². The molecule has 2 aromatic carbocycles. The third-order valence-electron chi connectivity index (χ3n) is 10.8. The molecule has 4 aliphatic rings. The van der Waals surface area contributed by atoms with Gasteiger partial charge in [-0.1, -0.05) is 36.7 Å². The van der Waals surface area contributed by atoms with Crippen LogP contribution in [0.1, 0.15) is 66.9 Å². The van der Waals surface area contributed by atoms with Crippen LogP contribution in [0.4, 0.5) is 5.69 Å². The van der Waals surface area contributed by atoms with Crippen molar-refractivity contribution in [1.82, 2.24) is 4.72 Å². The number of methoxy groups -OCH3 is 1. The van der Waals surface area contributed by atoms with E-state index < -0.39 is 27.3 Å². The number of carbonyl (C=O) groups excluding carboxylic acids is 1. The summed E-state index contributed by atoms with van der Waals surface area (Å²) in [6, 6.07) is 11.4. The molecule has 47 heavy (non-hydrogen) atoms. The van der Waals surface area contributed by atoms with Crippen molar-refractivity contribution in [1.29, 1.82) is 0 Å². The molecule has 2 heterocycles. The number of sulfonamides is 1. The summed E-state index contributed by atoms with van der Waals surface area (Å²) < 4.78 is 47.1. The van der Waals surface area contributed by atoms with E-state index in [1.807, 2.05) is 25.1 Å². The van der Waals surface area contributed by atoms with Crippen LogP contribution in [0, 0.1) is 17.8 Å². The Labute approximate surface area is 283 Å². The SMILES string of the molecule is COCCOCC[C@@H]1[C@H](C)C/C=C\[C@H](O)[C@@H]2CC[C@H]2CN2C[C@@]3(CCCc4cc(Cl)ccc43)COc3ccc(cc32)C(=O)NS1(=O)=O. The lowest BCUT2D eigenvalue weighted by Gasteiger charge is -2.45. The number of aryl methyl sites for hydroxylation is 1. The fourth-order valence-corrected chi connectivity index (χ4v) is 9.84. The number of nitrogens with zero attached hydrogens (tertiary/aromatic N) is 1. The average Bonchev–Trinajstić information content (AvgIpc) is 3.17. The summed E-state index contributed by atoms with van der Waals surface area (Å²) in [6.45, 7) is 4.69. The summed E-state index contributed by atoms with van der Waals surface area (Å²) in [6.07, 6.45) is 8.62. The standard InChI is InChI=1S/C36H47ClN2O7S/c1-24-5-3-7-32(40)29-11-8-27(29)21-39-22-36(15-4-6-25-19-28(37)10-12-30(25)36)23-46-33-13-9-26(20-31(33)39)35(41)38-47(42,43)34(24)14-16-45-18-17-44-2/h3,7,9-10,12-13,19-20,24,27,29,32,34,40H,4-6,8,11,14-18,21-23H2,1-2H3,(H,38,41)/b7-3-/t24-,27+,29-,32+,34-,36+/m1/s1. The Balaban J connectivity index is 1.35. The highest BCUT2D eigenvalue weighted by atomic mass is 35.5. The van der Waals surface area contributed by atoms with Crippen molar-refractivity contribution in [2.45, 2.75) is 68.6 Å². The highest BCUT2D eigenvalue weighted by Crippen LogP contribution is 2.46. The van der Waals surface area contributed by atoms with Gasteiger partial charge in [0.05, 0.1) is 36.9 Å². The molecule has 1 fully saturated rings. The second-order valence-corrected chi connectivity index (χ2v) is 16.2. The number of allylic oxidation sites excluding steroid dienone is 1. The molecule has 6 rings (SSSR count). The number of hydrogen-bond acceptors (Lipinski definition) is 8. The molecule has 0 unspecified atom stereocenters. The zero-order valence-electron chi connectivity index (χ0n) is 27.3. The molecule has 0 radical (unpaired) electrons. The van der Waals surface area contributed by atoms with Crippen molar-refractivity contribution < 1.29 is 32.5 Å². The van der Waals surface area contributed by atoms with Crippen LogP contribution in [-0.2, 0) is 31.3 Å². The van der Waals surface area contributed by atoms with Crippen molar-refractivity contribution in [3.63, 3.8) is 0 Å². The molecular weight excluding hydrogens is 640 g/mol. The molecule has 6 atom stereocenters. The first-order valence-corrected chi connectivity index (χ1v) is 18.8. The highest BCUT2D eigenvalue weighted by Gasteiger charge is 2.44. The minimum absolute atomic E-state index is 0.0932. The fourth-order valence-electron chi connectivity index (χ4n) is 7.99. The Morgan fingerprint density at radius 1 is 1.15 bits per heavy atom. The molecule has 2 aliphatic heterocycles. The maximum Gasteiger partial charge on any atom is 0.264 e. The lowest BCUT2D eigenvalue weighted by molar-refractivity contribution is 0.0455. The molecule has 11 heteroatoms. The van der Waals surface area contributed by atoms with Crippen LogP contribution < -0.4 is 14.4 Å². The molecule has 256 valence electrons. The molecule has 0 saturated heterocycles. The van der Waals surface area contributed by atoms with Crippen molar-refractivity contribution >= 4 is 33.2 Å². The first-order valence-electron chi connectivity index (χ1n) is 16.9. The van der Waals surface area contributed by atoms with E-state index >= 15 is 0 Å². The summed E-state index contributed by atoms with van der Waals surface area (Å²) in [5, 5.41) is 11.1. The second kappa shape index (κ2) is 14.5. The Morgan fingerprint density at radius 3 is 2.79 bits per heavy atom. The number of rotatable bonds is 6. The van der Waals surface area contributed by atoms with Crippen molar-refractivity contribution in [3.8, 4) is 5.75 Å². The zero-order valence-corrected chi connectivity index (χ0v) is 28.9. The van der Waals surface area contributed by atoms with E-state index in [0.717, 1.165) is 42.8 Å². The lowest BCUT2D eigenvalue weighted by Crippen LogP contribution is -2.49. The van der Waals surface area contributed by atoms with Gasteiger partial charge in [-0.15, -0.1) is 0 Å². The van der Waals surface area contributed by atoms with Crippen LogP contribution in [0.15, 0.2) is 48.6 Å². The molecule has 9 nitrogen and oxygen atoms in total. The van der Waals surface area contributed by atoms with Crippen LogP contribution in [-0.4, -0.2) is 77.4 Å². The Kier molecular flexibility index (Phi) is 10.5. The molecule has 2 N–H and O–H groups in total. The normalized spacial score (nSPS) is 31.0. The lowest BCUT2D eigenvalue weighted by atomic mass is 9.68. The van der Waals surface area contributed by atoms with E-state index in [1.165, 1.54) is 11.1 Å². The van der Waals surface area contributed by atoms with Gasteiger partial charge in [0.1, 0.15) is 5.75 Å². The summed E-state index contributed by atoms with van der Waals surface area (Å²) >= 11 is 6.41. The third-order valence-corrected chi connectivity index (χ3v) is 13.0. The van der Waals surface area contributed by atoms with Gasteiger partial charge in [-0.25, -0.2) is 13.1 Å². The molecule has 1 amide bonds. The van der Waals surface area contributed by atoms with Gasteiger partial charge in [0.15, 0.2) is 0 Å². The highest BCUT2D eigenvalue weighted by molar-refractivity contribution is 7.90. The number of ether oxygens (including phenoxy) is 3. The van der Waals surface area contributed by atoms with E-state index in [9.17, 15) is 18.3 Å². The van der Waals surface area contributed by atoms with Crippen molar-refractivity contribution in [3.05, 3.63) is 70.3 Å². The molecule has 1 spiro atoms. The number of anilines is 1. The van der Waals surface area contributed by atoms with Crippen molar-refractivity contribution in [2.24, 2.45) is 17.8 Å². The third kappa shape index (κ3) is 7.37. The molecule has 1 saturated carbocycles.